The third-order valence-corrected chi connectivity index (χ3v) is 5.48. The number of carbonyl (C=O) groups is 2. The molecule has 0 N–H and O–H groups in total. The summed E-state index contributed by atoms with van der Waals surface area (Å²) in [4.78, 5) is 27.4. The van der Waals surface area contributed by atoms with Crippen LogP contribution in [0.4, 0.5) is 5.69 Å². The van der Waals surface area contributed by atoms with Crippen LogP contribution in [0, 0.1) is 18.8 Å². The molecule has 4 heterocycles. The fourth-order valence-corrected chi connectivity index (χ4v) is 4.13. The van der Waals surface area contributed by atoms with E-state index in [0.717, 1.165) is 12.2 Å². The van der Waals surface area contributed by atoms with E-state index in [1.54, 1.807) is 0 Å². The number of rotatable bonds is 5. The number of hydrogen-bond acceptors (Lipinski definition) is 5. The van der Waals surface area contributed by atoms with Gasteiger partial charge >= 0.3 is 0 Å². The van der Waals surface area contributed by atoms with Crippen LogP contribution in [0.3, 0.4) is 0 Å². The molecule has 3 fully saturated rings. The maximum Gasteiger partial charge on any atom is 0.241 e. The largest absolute Gasteiger partial charge is 0.375 e. The van der Waals surface area contributed by atoms with E-state index >= 15 is 0 Å². The predicted molar refractivity (Wildman–Crippen MR) is 88.0 cm³/mol. The highest BCUT2D eigenvalue weighted by Gasteiger charge is 2.67. The molecule has 5 atom stereocenters. The van der Waals surface area contributed by atoms with Gasteiger partial charge in [-0.2, -0.15) is 0 Å². The van der Waals surface area contributed by atoms with Crippen LogP contribution < -0.4 is 4.90 Å². The molecular weight excluding hydrogens is 322 g/mol. The van der Waals surface area contributed by atoms with Crippen molar-refractivity contribution in [1.82, 2.24) is 0 Å². The summed E-state index contributed by atoms with van der Waals surface area (Å²) in [5.74, 6) is -1.35. The zero-order valence-corrected chi connectivity index (χ0v) is 13.9. The highest BCUT2D eigenvalue weighted by atomic mass is 16.6. The van der Waals surface area contributed by atoms with E-state index in [0.29, 0.717) is 12.3 Å². The van der Waals surface area contributed by atoms with Gasteiger partial charge in [0, 0.05) is 0 Å². The van der Waals surface area contributed by atoms with Crippen molar-refractivity contribution in [2.75, 3.05) is 24.7 Å². The molecule has 130 valence electrons. The van der Waals surface area contributed by atoms with Crippen molar-refractivity contribution >= 4 is 17.5 Å². The quantitative estimate of drug-likeness (QED) is 0.458. The van der Waals surface area contributed by atoms with E-state index in [9.17, 15) is 9.59 Å². The van der Waals surface area contributed by atoms with Gasteiger partial charge in [-0.15, -0.1) is 0 Å². The van der Waals surface area contributed by atoms with Gasteiger partial charge in [-0.3, -0.25) is 9.59 Å². The Labute approximate surface area is 145 Å². The normalized spacial score (nSPS) is 37.9. The summed E-state index contributed by atoms with van der Waals surface area (Å²) in [7, 11) is 0. The molecule has 0 radical (unpaired) electrons. The molecule has 2 bridgehead atoms. The number of aryl methyl sites for hydroxylation is 1. The molecule has 6 nitrogen and oxygen atoms in total. The first-order valence-corrected chi connectivity index (χ1v) is 8.60. The fraction of sp³-hybridized carbons (Fsp3) is 0.474. The molecule has 3 saturated heterocycles. The van der Waals surface area contributed by atoms with Crippen LogP contribution in [-0.2, 0) is 23.8 Å². The number of carbonyl (C=O) groups excluding carboxylic acids is 2. The molecule has 4 aliphatic rings. The zero-order chi connectivity index (χ0) is 17.2. The first kappa shape index (κ1) is 15.3. The Hall–Kier alpha value is -2.02. The van der Waals surface area contributed by atoms with Crippen LogP contribution in [0.5, 0.6) is 0 Å². The topological polar surface area (TPSA) is 68.4 Å². The van der Waals surface area contributed by atoms with Crippen LogP contribution in [-0.4, -0.2) is 49.4 Å². The molecule has 4 aliphatic heterocycles. The van der Waals surface area contributed by atoms with Crippen LogP contribution in [0.1, 0.15) is 5.56 Å². The Bertz CT molecular complexity index is 769. The van der Waals surface area contributed by atoms with Crippen LogP contribution in [0.15, 0.2) is 36.4 Å². The molecule has 5 rings (SSSR count). The van der Waals surface area contributed by atoms with Crippen molar-refractivity contribution in [3.05, 3.63) is 42.0 Å². The van der Waals surface area contributed by atoms with E-state index in [1.165, 1.54) is 4.90 Å². The van der Waals surface area contributed by atoms with Crippen molar-refractivity contribution in [2.45, 2.75) is 24.7 Å². The van der Waals surface area contributed by atoms with Crippen molar-refractivity contribution in [3.8, 4) is 0 Å². The van der Waals surface area contributed by atoms with Gasteiger partial charge in [0.2, 0.25) is 11.8 Å². The van der Waals surface area contributed by atoms with Crippen LogP contribution >= 0.6 is 0 Å². The third kappa shape index (κ3) is 2.21. The van der Waals surface area contributed by atoms with Gasteiger partial charge in [-0.25, -0.2) is 4.90 Å². The SMILES string of the molecule is Cc1ccc(N2C(=O)C3C4C=CC(COCC5CO5)(O4)C3C2=O)cc1. The lowest BCUT2D eigenvalue weighted by atomic mass is 9.77. The summed E-state index contributed by atoms with van der Waals surface area (Å²) in [6, 6.07) is 7.44. The second kappa shape index (κ2) is 5.24. The summed E-state index contributed by atoms with van der Waals surface area (Å²) in [6.07, 6.45) is 3.59. The maximum absolute atomic E-state index is 13.1. The van der Waals surface area contributed by atoms with Gasteiger partial charge in [0.05, 0.1) is 43.4 Å². The highest BCUT2D eigenvalue weighted by molar-refractivity contribution is 6.23. The van der Waals surface area contributed by atoms with Gasteiger partial charge < -0.3 is 14.2 Å². The smallest absolute Gasteiger partial charge is 0.241 e. The van der Waals surface area contributed by atoms with E-state index in [4.69, 9.17) is 14.2 Å². The van der Waals surface area contributed by atoms with Crippen molar-refractivity contribution < 1.29 is 23.8 Å². The maximum atomic E-state index is 13.1. The Balaban J connectivity index is 1.43. The van der Waals surface area contributed by atoms with E-state index in [-0.39, 0.29) is 30.6 Å². The number of hydrogen-bond donors (Lipinski definition) is 0. The molecule has 25 heavy (non-hydrogen) atoms. The lowest BCUT2D eigenvalue weighted by Gasteiger charge is -2.28. The van der Waals surface area contributed by atoms with E-state index in [1.807, 2.05) is 43.3 Å². The zero-order valence-electron chi connectivity index (χ0n) is 13.9. The van der Waals surface area contributed by atoms with Gasteiger partial charge in [-0.05, 0) is 19.1 Å². The second-order valence-electron chi connectivity index (χ2n) is 7.22. The van der Waals surface area contributed by atoms with Crippen molar-refractivity contribution in [1.29, 1.82) is 0 Å². The molecule has 6 heteroatoms. The molecule has 0 aromatic heterocycles. The molecule has 0 saturated carbocycles. The van der Waals surface area contributed by atoms with Gasteiger partial charge in [0.15, 0.2) is 0 Å². The minimum absolute atomic E-state index is 0.153. The number of epoxide rings is 1. The number of ether oxygens (including phenoxy) is 3. The molecule has 5 unspecified atom stereocenters. The van der Waals surface area contributed by atoms with E-state index < -0.39 is 17.4 Å². The number of fused-ring (bicyclic) bond motifs is 5. The average molecular weight is 341 g/mol. The molecule has 0 spiro atoms. The van der Waals surface area contributed by atoms with Crippen molar-refractivity contribution in [3.63, 3.8) is 0 Å². The second-order valence-corrected chi connectivity index (χ2v) is 7.22. The number of imide groups is 1. The average Bonchev–Trinajstić information content (AvgIpc) is 3.15. The standard InChI is InChI=1S/C19H19NO5/c1-11-2-4-12(5-3-11)20-17(21)15-14-6-7-19(25-14,16(15)18(20)22)10-23-8-13-9-24-13/h2-7,13-16H,8-10H2,1H3. The summed E-state index contributed by atoms with van der Waals surface area (Å²) >= 11 is 0. The number of nitrogens with zero attached hydrogens (tertiary/aromatic N) is 1. The summed E-state index contributed by atoms with van der Waals surface area (Å²) in [5, 5.41) is 0. The minimum Gasteiger partial charge on any atom is -0.375 e. The summed E-state index contributed by atoms with van der Waals surface area (Å²) < 4.78 is 16.9. The van der Waals surface area contributed by atoms with Gasteiger partial charge in [-0.1, -0.05) is 29.8 Å². The third-order valence-electron chi connectivity index (χ3n) is 5.48. The first-order valence-electron chi connectivity index (χ1n) is 8.60. The Morgan fingerprint density at radius 2 is 2.00 bits per heavy atom. The molecule has 1 aromatic rings. The minimum atomic E-state index is -0.837. The molecule has 1 aromatic carbocycles. The highest BCUT2D eigenvalue weighted by Crippen LogP contribution is 2.52. The van der Waals surface area contributed by atoms with Crippen molar-refractivity contribution in [2.24, 2.45) is 11.8 Å². The number of anilines is 1. The summed E-state index contributed by atoms with van der Waals surface area (Å²) in [5.41, 5.74) is 0.869. The predicted octanol–water partition coefficient (Wildman–Crippen LogP) is 1.22. The van der Waals surface area contributed by atoms with Crippen LogP contribution in [0.25, 0.3) is 0 Å². The Morgan fingerprint density at radius 3 is 2.72 bits per heavy atom. The molecule has 0 aliphatic carbocycles. The molecule has 2 amide bonds. The molecular formula is C19H19NO5. The fourth-order valence-electron chi connectivity index (χ4n) is 4.13. The van der Waals surface area contributed by atoms with E-state index in [2.05, 4.69) is 0 Å². The lowest BCUT2D eigenvalue weighted by Crippen LogP contribution is -2.44. The van der Waals surface area contributed by atoms with Gasteiger partial charge in [0.1, 0.15) is 11.7 Å². The Morgan fingerprint density at radius 1 is 1.24 bits per heavy atom. The summed E-state index contributed by atoms with van der Waals surface area (Å²) in [6.45, 7) is 3.45. The van der Waals surface area contributed by atoms with Gasteiger partial charge in [0.25, 0.3) is 0 Å². The number of benzene rings is 1. The number of amides is 2. The lowest BCUT2D eigenvalue weighted by molar-refractivity contribution is -0.129. The monoisotopic (exact) mass is 341 g/mol. The first-order chi connectivity index (χ1) is 12.1. The Kier molecular flexibility index (Phi) is 3.20. The van der Waals surface area contributed by atoms with Crippen LogP contribution in [0.2, 0.25) is 0 Å².